The molecule has 0 aliphatic carbocycles. The Balaban J connectivity index is 1.42. The van der Waals surface area contributed by atoms with Gasteiger partial charge in [-0.2, -0.15) is 0 Å². The average molecular weight is 432 g/mol. The molecule has 3 aromatic rings. The molecule has 4 nitrogen and oxygen atoms in total. The number of nitrogens with zero attached hydrogens (tertiary/aromatic N) is 3. The van der Waals surface area contributed by atoms with Crippen LogP contribution in [0.15, 0.2) is 73.1 Å². The Morgan fingerprint density at radius 1 is 1.06 bits per heavy atom. The molecule has 1 saturated heterocycles. The molecule has 2 heterocycles. The summed E-state index contributed by atoms with van der Waals surface area (Å²) in [6.45, 7) is 6.20. The molecule has 1 fully saturated rings. The fourth-order valence-corrected chi connectivity index (χ4v) is 4.40. The van der Waals surface area contributed by atoms with E-state index in [9.17, 15) is 9.18 Å². The van der Waals surface area contributed by atoms with Crippen LogP contribution in [0.25, 0.3) is 0 Å². The zero-order valence-corrected chi connectivity index (χ0v) is 18.6. The van der Waals surface area contributed by atoms with Crippen LogP contribution >= 0.6 is 0 Å². The highest BCUT2D eigenvalue weighted by Crippen LogP contribution is 2.23. The van der Waals surface area contributed by atoms with Crippen molar-refractivity contribution in [1.82, 2.24) is 14.8 Å². The van der Waals surface area contributed by atoms with Crippen molar-refractivity contribution in [2.24, 2.45) is 5.92 Å². The van der Waals surface area contributed by atoms with Crippen LogP contribution in [0, 0.1) is 18.7 Å². The third-order valence-electron chi connectivity index (χ3n) is 6.33. The molecule has 1 aromatic heterocycles. The van der Waals surface area contributed by atoms with Gasteiger partial charge in [0.15, 0.2) is 0 Å². The normalized spacial score (nSPS) is 14.9. The third-order valence-corrected chi connectivity index (χ3v) is 6.33. The van der Waals surface area contributed by atoms with Gasteiger partial charge in [0, 0.05) is 32.0 Å². The molecule has 1 amide bonds. The summed E-state index contributed by atoms with van der Waals surface area (Å²) in [7, 11) is 0. The smallest absolute Gasteiger partial charge is 0.257 e. The molecule has 0 radical (unpaired) electrons. The SMILES string of the molecule is Cc1ccccc1CN1CCC(CN(Cc2cccnc2)C(=O)c2ccccc2F)CC1. The molecule has 4 rings (SSSR count). The minimum atomic E-state index is -0.471. The number of likely N-dealkylation sites (tertiary alicyclic amines) is 1. The molecule has 0 spiro atoms. The fraction of sp³-hybridized carbons (Fsp3) is 0.333. The van der Waals surface area contributed by atoms with Crippen molar-refractivity contribution >= 4 is 5.91 Å². The molecule has 1 aliphatic heterocycles. The maximum absolute atomic E-state index is 14.3. The lowest BCUT2D eigenvalue weighted by atomic mass is 9.95. The van der Waals surface area contributed by atoms with Crippen LogP contribution in [0.4, 0.5) is 4.39 Å². The fourth-order valence-electron chi connectivity index (χ4n) is 4.40. The van der Waals surface area contributed by atoms with Crippen LogP contribution in [0.1, 0.15) is 39.9 Å². The Kier molecular flexibility index (Phi) is 7.28. The third kappa shape index (κ3) is 5.60. The number of aromatic nitrogens is 1. The Labute approximate surface area is 189 Å². The topological polar surface area (TPSA) is 36.4 Å². The number of rotatable bonds is 7. The van der Waals surface area contributed by atoms with Gasteiger partial charge in [-0.15, -0.1) is 0 Å². The zero-order valence-electron chi connectivity index (χ0n) is 18.6. The van der Waals surface area contributed by atoms with E-state index in [1.54, 1.807) is 35.5 Å². The van der Waals surface area contributed by atoms with Crippen LogP contribution in [0.2, 0.25) is 0 Å². The maximum Gasteiger partial charge on any atom is 0.257 e. The Hall–Kier alpha value is -3.05. The van der Waals surface area contributed by atoms with Crippen LogP contribution < -0.4 is 0 Å². The lowest BCUT2D eigenvalue weighted by Gasteiger charge is -2.35. The van der Waals surface area contributed by atoms with Crippen LogP contribution in [0.5, 0.6) is 0 Å². The lowest BCUT2D eigenvalue weighted by molar-refractivity contribution is 0.0667. The van der Waals surface area contributed by atoms with Crippen molar-refractivity contribution in [3.8, 4) is 0 Å². The van der Waals surface area contributed by atoms with Gasteiger partial charge in [0.1, 0.15) is 5.82 Å². The molecule has 32 heavy (non-hydrogen) atoms. The number of pyridine rings is 1. The minimum Gasteiger partial charge on any atom is -0.334 e. The number of halogens is 1. The van der Waals surface area contributed by atoms with Crippen LogP contribution in [-0.4, -0.2) is 40.3 Å². The van der Waals surface area contributed by atoms with Gasteiger partial charge >= 0.3 is 0 Å². The molecule has 5 heteroatoms. The monoisotopic (exact) mass is 431 g/mol. The predicted octanol–water partition coefficient (Wildman–Crippen LogP) is 5.08. The molecule has 0 unspecified atom stereocenters. The summed E-state index contributed by atoms with van der Waals surface area (Å²) >= 11 is 0. The van der Waals surface area contributed by atoms with E-state index in [0.717, 1.165) is 38.0 Å². The van der Waals surface area contributed by atoms with E-state index in [-0.39, 0.29) is 11.5 Å². The molecule has 166 valence electrons. The Bertz CT molecular complexity index is 1030. The van der Waals surface area contributed by atoms with E-state index in [1.165, 1.54) is 17.2 Å². The molecule has 0 N–H and O–H groups in total. The Morgan fingerprint density at radius 2 is 1.81 bits per heavy atom. The molecule has 0 saturated carbocycles. The van der Waals surface area contributed by atoms with Crippen LogP contribution in [-0.2, 0) is 13.1 Å². The highest BCUT2D eigenvalue weighted by atomic mass is 19.1. The molecule has 0 atom stereocenters. The highest BCUT2D eigenvalue weighted by molar-refractivity contribution is 5.94. The van der Waals surface area contributed by atoms with Gasteiger partial charge in [-0.05, 0) is 73.7 Å². The number of hydrogen-bond donors (Lipinski definition) is 0. The number of benzene rings is 2. The molecule has 0 bridgehead atoms. The van der Waals surface area contributed by atoms with Gasteiger partial charge in [0.2, 0.25) is 0 Å². The van der Waals surface area contributed by atoms with E-state index in [4.69, 9.17) is 0 Å². The summed E-state index contributed by atoms with van der Waals surface area (Å²) in [4.78, 5) is 21.7. The van der Waals surface area contributed by atoms with Crippen molar-refractivity contribution in [1.29, 1.82) is 0 Å². The van der Waals surface area contributed by atoms with Gasteiger partial charge < -0.3 is 4.90 Å². The minimum absolute atomic E-state index is 0.133. The lowest BCUT2D eigenvalue weighted by Crippen LogP contribution is -2.40. The standard InChI is InChI=1S/C27H30FN3O/c1-21-7-2-3-9-24(21)20-30-15-12-22(13-16-30)18-31(19-23-8-6-14-29-17-23)27(32)25-10-4-5-11-26(25)28/h2-11,14,17,22H,12-13,15-16,18-20H2,1H3. The largest absolute Gasteiger partial charge is 0.334 e. The molecular weight excluding hydrogens is 401 g/mol. The van der Waals surface area contributed by atoms with Gasteiger partial charge in [0.25, 0.3) is 5.91 Å². The Morgan fingerprint density at radius 3 is 2.53 bits per heavy atom. The first-order valence-electron chi connectivity index (χ1n) is 11.3. The zero-order chi connectivity index (χ0) is 22.3. The number of aryl methyl sites for hydroxylation is 1. The van der Waals surface area contributed by atoms with E-state index < -0.39 is 5.82 Å². The van der Waals surface area contributed by atoms with E-state index in [1.807, 2.05) is 12.1 Å². The molecular formula is C27H30FN3O. The summed E-state index contributed by atoms with van der Waals surface area (Å²) in [5.74, 6) is -0.327. The number of carbonyl (C=O) groups is 1. The van der Waals surface area contributed by atoms with E-state index >= 15 is 0 Å². The number of amides is 1. The van der Waals surface area contributed by atoms with Crippen molar-refractivity contribution < 1.29 is 9.18 Å². The van der Waals surface area contributed by atoms with E-state index in [0.29, 0.717) is 19.0 Å². The molecule has 1 aliphatic rings. The van der Waals surface area contributed by atoms with Crippen molar-refractivity contribution in [2.45, 2.75) is 32.9 Å². The summed E-state index contributed by atoms with van der Waals surface area (Å²) in [6.07, 6.45) is 5.54. The molecule has 2 aromatic carbocycles. The van der Waals surface area contributed by atoms with Gasteiger partial charge in [-0.25, -0.2) is 4.39 Å². The second-order valence-electron chi connectivity index (χ2n) is 8.67. The summed E-state index contributed by atoms with van der Waals surface area (Å²) < 4.78 is 14.3. The summed E-state index contributed by atoms with van der Waals surface area (Å²) in [5.41, 5.74) is 3.79. The van der Waals surface area contributed by atoms with Gasteiger partial charge in [-0.1, -0.05) is 42.5 Å². The first-order valence-corrected chi connectivity index (χ1v) is 11.3. The predicted molar refractivity (Wildman–Crippen MR) is 125 cm³/mol. The number of hydrogen-bond acceptors (Lipinski definition) is 3. The summed E-state index contributed by atoms with van der Waals surface area (Å²) in [5, 5.41) is 0. The quantitative estimate of drug-likeness (QED) is 0.523. The first kappa shape index (κ1) is 22.2. The average Bonchev–Trinajstić information content (AvgIpc) is 2.82. The van der Waals surface area contributed by atoms with E-state index in [2.05, 4.69) is 41.1 Å². The first-order chi connectivity index (χ1) is 15.6. The van der Waals surface area contributed by atoms with Crippen molar-refractivity contribution in [3.05, 3.63) is 101 Å². The maximum atomic E-state index is 14.3. The number of carbonyl (C=O) groups excluding carboxylic acids is 1. The second kappa shape index (κ2) is 10.5. The van der Waals surface area contributed by atoms with Crippen molar-refractivity contribution in [2.75, 3.05) is 19.6 Å². The van der Waals surface area contributed by atoms with Crippen molar-refractivity contribution in [3.63, 3.8) is 0 Å². The van der Waals surface area contributed by atoms with Gasteiger partial charge in [-0.3, -0.25) is 14.7 Å². The number of piperidine rings is 1. The van der Waals surface area contributed by atoms with Gasteiger partial charge in [0.05, 0.1) is 5.56 Å². The highest BCUT2D eigenvalue weighted by Gasteiger charge is 2.26. The summed E-state index contributed by atoms with van der Waals surface area (Å²) in [6, 6.07) is 18.6. The van der Waals surface area contributed by atoms with Crippen LogP contribution in [0.3, 0.4) is 0 Å². The second-order valence-corrected chi connectivity index (χ2v) is 8.67.